The Morgan fingerprint density at radius 3 is 2.70 bits per heavy atom. The summed E-state index contributed by atoms with van der Waals surface area (Å²) in [6.07, 6.45) is 1.89. The van der Waals surface area contributed by atoms with Gasteiger partial charge in [-0.1, -0.05) is 6.92 Å². The lowest BCUT2D eigenvalue weighted by Crippen LogP contribution is -2.42. The average Bonchev–Trinajstić information content (AvgIpc) is 2.96. The molecule has 1 atom stereocenters. The van der Waals surface area contributed by atoms with Crippen LogP contribution in [0, 0.1) is 0 Å². The number of amides is 1. The zero-order valence-corrected chi connectivity index (χ0v) is 14.4. The van der Waals surface area contributed by atoms with E-state index < -0.39 is 10.0 Å². The van der Waals surface area contributed by atoms with Crippen molar-refractivity contribution in [1.82, 2.24) is 9.62 Å². The zero-order valence-electron chi connectivity index (χ0n) is 13.5. The number of nitrogens with zero attached hydrogens (tertiary/aromatic N) is 1. The average molecular weight is 342 g/mol. The van der Waals surface area contributed by atoms with E-state index in [-0.39, 0.29) is 31.8 Å². The molecule has 0 bridgehead atoms. The molecule has 0 fully saturated rings. The monoisotopic (exact) mass is 342 g/mol. The Labute approximate surface area is 136 Å². The molecule has 0 spiro atoms. The Bertz CT molecular complexity index is 674. The molecule has 1 unspecified atom stereocenters. The highest BCUT2D eigenvalue weighted by Gasteiger charge is 2.22. The molecular formula is C15H22N2O5S. The first-order chi connectivity index (χ1) is 10.8. The molecule has 7 nitrogen and oxygen atoms in total. The van der Waals surface area contributed by atoms with Crippen molar-refractivity contribution in [2.24, 2.45) is 0 Å². The summed E-state index contributed by atoms with van der Waals surface area (Å²) in [5, 5.41) is 2.73. The van der Waals surface area contributed by atoms with Crippen LogP contribution in [-0.4, -0.2) is 50.8 Å². The van der Waals surface area contributed by atoms with Crippen LogP contribution in [0.25, 0.3) is 0 Å². The van der Waals surface area contributed by atoms with Crippen LogP contribution in [0.1, 0.15) is 30.6 Å². The summed E-state index contributed by atoms with van der Waals surface area (Å²) in [5.41, 5.74) is 0.448. The van der Waals surface area contributed by atoms with Gasteiger partial charge in [-0.3, -0.25) is 4.79 Å². The van der Waals surface area contributed by atoms with Gasteiger partial charge in [0.15, 0.2) is 11.5 Å². The summed E-state index contributed by atoms with van der Waals surface area (Å²) < 4.78 is 35.4. The predicted octanol–water partition coefficient (Wildman–Crippen LogP) is 1.21. The number of sulfonamides is 1. The summed E-state index contributed by atoms with van der Waals surface area (Å²) in [6, 6.07) is 4.83. The SMILES string of the molecule is CCC(C)N(CCNC(=O)c1ccc2c(c1)OCO2)S(C)(=O)=O. The van der Waals surface area contributed by atoms with E-state index in [9.17, 15) is 13.2 Å². The number of carbonyl (C=O) groups excluding carboxylic acids is 1. The third-order valence-electron chi connectivity index (χ3n) is 3.76. The molecule has 23 heavy (non-hydrogen) atoms. The van der Waals surface area contributed by atoms with Crippen LogP contribution in [0.2, 0.25) is 0 Å². The summed E-state index contributed by atoms with van der Waals surface area (Å²) in [5.74, 6) is 0.873. The van der Waals surface area contributed by atoms with Crippen LogP contribution in [0.3, 0.4) is 0 Å². The number of carbonyl (C=O) groups is 1. The Balaban J connectivity index is 1.93. The molecule has 8 heteroatoms. The van der Waals surface area contributed by atoms with Gasteiger partial charge in [-0.15, -0.1) is 0 Å². The lowest BCUT2D eigenvalue weighted by Gasteiger charge is -2.25. The Hall–Kier alpha value is -1.80. The molecule has 1 N–H and O–H groups in total. The fraction of sp³-hybridized carbons (Fsp3) is 0.533. The molecule has 1 aromatic rings. The molecule has 1 aromatic carbocycles. The number of hydrogen-bond acceptors (Lipinski definition) is 5. The van der Waals surface area contributed by atoms with Gasteiger partial charge in [0.1, 0.15) is 0 Å². The van der Waals surface area contributed by atoms with Gasteiger partial charge in [0.25, 0.3) is 5.91 Å². The summed E-state index contributed by atoms with van der Waals surface area (Å²) in [7, 11) is -3.30. The lowest BCUT2D eigenvalue weighted by atomic mass is 10.2. The Morgan fingerprint density at radius 1 is 1.35 bits per heavy atom. The molecule has 0 aromatic heterocycles. The van der Waals surface area contributed by atoms with Crippen molar-refractivity contribution >= 4 is 15.9 Å². The minimum atomic E-state index is -3.30. The number of hydrogen-bond donors (Lipinski definition) is 1. The second-order valence-electron chi connectivity index (χ2n) is 5.45. The molecule has 0 radical (unpaired) electrons. The predicted molar refractivity (Wildman–Crippen MR) is 86.2 cm³/mol. The molecule has 1 amide bonds. The number of benzene rings is 1. The summed E-state index contributed by atoms with van der Waals surface area (Å²) >= 11 is 0. The maximum absolute atomic E-state index is 12.1. The minimum absolute atomic E-state index is 0.104. The van der Waals surface area contributed by atoms with Crippen molar-refractivity contribution in [2.75, 3.05) is 26.1 Å². The molecule has 2 rings (SSSR count). The number of rotatable bonds is 7. The summed E-state index contributed by atoms with van der Waals surface area (Å²) in [4.78, 5) is 12.1. The molecule has 1 heterocycles. The standard InChI is InChI=1S/C15H22N2O5S/c1-4-11(2)17(23(3,19)20)8-7-16-15(18)12-5-6-13-14(9-12)22-10-21-13/h5-6,9,11H,4,7-8,10H2,1-3H3,(H,16,18). The van der Waals surface area contributed by atoms with E-state index in [4.69, 9.17) is 9.47 Å². The highest BCUT2D eigenvalue weighted by molar-refractivity contribution is 7.88. The van der Waals surface area contributed by atoms with Crippen molar-refractivity contribution in [3.63, 3.8) is 0 Å². The van der Waals surface area contributed by atoms with Gasteiger partial charge in [-0.05, 0) is 31.5 Å². The second kappa shape index (κ2) is 7.18. The molecule has 0 saturated heterocycles. The molecule has 128 valence electrons. The fourth-order valence-corrected chi connectivity index (χ4v) is 3.56. The van der Waals surface area contributed by atoms with Gasteiger partial charge >= 0.3 is 0 Å². The Kier molecular flexibility index (Phi) is 5.48. The summed E-state index contributed by atoms with van der Waals surface area (Å²) in [6.45, 7) is 4.40. The van der Waals surface area contributed by atoms with E-state index in [0.717, 1.165) is 0 Å². The van der Waals surface area contributed by atoms with Crippen LogP contribution < -0.4 is 14.8 Å². The van der Waals surface area contributed by atoms with Crippen LogP contribution in [0.4, 0.5) is 0 Å². The molecule has 0 aliphatic carbocycles. The molecule has 1 aliphatic rings. The highest BCUT2D eigenvalue weighted by atomic mass is 32.2. The topological polar surface area (TPSA) is 84.9 Å². The number of fused-ring (bicyclic) bond motifs is 1. The van der Waals surface area contributed by atoms with E-state index in [1.54, 1.807) is 18.2 Å². The fourth-order valence-electron chi connectivity index (χ4n) is 2.34. The van der Waals surface area contributed by atoms with E-state index >= 15 is 0 Å². The van der Waals surface area contributed by atoms with Gasteiger partial charge in [0.05, 0.1) is 6.26 Å². The van der Waals surface area contributed by atoms with Crippen molar-refractivity contribution in [2.45, 2.75) is 26.3 Å². The van der Waals surface area contributed by atoms with E-state index in [1.165, 1.54) is 10.6 Å². The first-order valence-corrected chi connectivity index (χ1v) is 9.32. The van der Waals surface area contributed by atoms with Gasteiger partial charge < -0.3 is 14.8 Å². The third-order valence-corrected chi connectivity index (χ3v) is 5.16. The largest absolute Gasteiger partial charge is 0.454 e. The Morgan fingerprint density at radius 2 is 2.04 bits per heavy atom. The van der Waals surface area contributed by atoms with Crippen molar-refractivity contribution in [3.8, 4) is 11.5 Å². The molecule has 0 saturated carbocycles. The van der Waals surface area contributed by atoms with Crippen LogP contribution in [0.5, 0.6) is 11.5 Å². The first-order valence-electron chi connectivity index (χ1n) is 7.47. The van der Waals surface area contributed by atoms with Gasteiger partial charge in [-0.25, -0.2) is 8.42 Å². The van der Waals surface area contributed by atoms with Crippen molar-refractivity contribution in [1.29, 1.82) is 0 Å². The first kappa shape index (κ1) is 17.6. The van der Waals surface area contributed by atoms with Crippen molar-refractivity contribution < 1.29 is 22.7 Å². The second-order valence-corrected chi connectivity index (χ2v) is 7.39. The number of ether oxygens (including phenoxy) is 2. The van der Waals surface area contributed by atoms with Gasteiger partial charge in [0.2, 0.25) is 16.8 Å². The molecule has 1 aliphatic heterocycles. The maximum atomic E-state index is 12.1. The lowest BCUT2D eigenvalue weighted by molar-refractivity contribution is 0.0950. The van der Waals surface area contributed by atoms with E-state index in [2.05, 4.69) is 5.32 Å². The van der Waals surface area contributed by atoms with E-state index in [0.29, 0.717) is 23.5 Å². The van der Waals surface area contributed by atoms with Crippen LogP contribution >= 0.6 is 0 Å². The van der Waals surface area contributed by atoms with Crippen LogP contribution in [-0.2, 0) is 10.0 Å². The highest BCUT2D eigenvalue weighted by Crippen LogP contribution is 2.32. The number of nitrogens with one attached hydrogen (secondary N) is 1. The quantitative estimate of drug-likeness (QED) is 0.805. The minimum Gasteiger partial charge on any atom is -0.454 e. The normalized spacial score (nSPS) is 14.8. The van der Waals surface area contributed by atoms with Crippen molar-refractivity contribution in [3.05, 3.63) is 23.8 Å². The maximum Gasteiger partial charge on any atom is 0.251 e. The van der Waals surface area contributed by atoms with E-state index in [1.807, 2.05) is 13.8 Å². The van der Waals surface area contributed by atoms with Gasteiger partial charge in [-0.2, -0.15) is 4.31 Å². The zero-order chi connectivity index (χ0) is 17.0. The van der Waals surface area contributed by atoms with Gasteiger partial charge in [0, 0.05) is 24.7 Å². The smallest absolute Gasteiger partial charge is 0.251 e. The molecular weight excluding hydrogens is 320 g/mol. The van der Waals surface area contributed by atoms with Crippen LogP contribution in [0.15, 0.2) is 18.2 Å². The third kappa shape index (κ3) is 4.35.